The van der Waals surface area contributed by atoms with E-state index in [1.54, 1.807) is 0 Å². The zero-order valence-corrected chi connectivity index (χ0v) is 8.54. The van der Waals surface area contributed by atoms with Gasteiger partial charge in [0.2, 0.25) is 0 Å². The number of rotatable bonds is 2. The van der Waals surface area contributed by atoms with Crippen LogP contribution in [0.2, 0.25) is 0 Å². The van der Waals surface area contributed by atoms with Gasteiger partial charge in [-0.15, -0.1) is 0 Å². The van der Waals surface area contributed by atoms with Crippen molar-refractivity contribution >= 4 is 5.91 Å². The van der Waals surface area contributed by atoms with Gasteiger partial charge in [-0.05, 0) is 31.0 Å². The number of benzene rings is 1. The molecule has 5 heteroatoms. The van der Waals surface area contributed by atoms with Gasteiger partial charge in [-0.1, -0.05) is 0 Å². The molecule has 1 saturated carbocycles. The van der Waals surface area contributed by atoms with Crippen LogP contribution in [0.3, 0.4) is 0 Å². The fourth-order valence-electron chi connectivity index (χ4n) is 1.69. The summed E-state index contributed by atoms with van der Waals surface area (Å²) in [6.45, 7) is 0. The predicted molar refractivity (Wildman–Crippen MR) is 54.8 cm³/mol. The molecule has 0 bridgehead atoms. The van der Waals surface area contributed by atoms with Gasteiger partial charge in [0.25, 0.3) is 5.91 Å². The highest BCUT2D eigenvalue weighted by molar-refractivity contribution is 5.94. The highest BCUT2D eigenvalue weighted by atomic mass is 19.2. The quantitative estimate of drug-likeness (QED) is 0.795. The molecule has 1 aromatic carbocycles. The summed E-state index contributed by atoms with van der Waals surface area (Å²) in [5.41, 5.74) is 5.69. The van der Waals surface area contributed by atoms with Crippen LogP contribution in [0.1, 0.15) is 23.2 Å². The molecule has 0 heterocycles. The summed E-state index contributed by atoms with van der Waals surface area (Å²) < 4.78 is 25.5. The number of carbonyl (C=O) groups excluding carboxylic acids is 1. The molecule has 1 aliphatic carbocycles. The third kappa shape index (κ3) is 2.19. The molecule has 0 spiro atoms. The summed E-state index contributed by atoms with van der Waals surface area (Å²) in [6, 6.07) is 3.28. The lowest BCUT2D eigenvalue weighted by Crippen LogP contribution is -2.50. The smallest absolute Gasteiger partial charge is 0.251 e. The molecule has 16 heavy (non-hydrogen) atoms. The summed E-state index contributed by atoms with van der Waals surface area (Å²) in [5, 5.41) is 2.70. The molecule has 3 N–H and O–H groups in total. The molecule has 3 nitrogen and oxygen atoms in total. The average Bonchev–Trinajstić information content (AvgIpc) is 2.19. The van der Waals surface area contributed by atoms with Crippen molar-refractivity contribution in [2.75, 3.05) is 0 Å². The minimum Gasteiger partial charge on any atom is -0.349 e. The van der Waals surface area contributed by atoms with Gasteiger partial charge < -0.3 is 11.1 Å². The van der Waals surface area contributed by atoms with Gasteiger partial charge in [-0.2, -0.15) is 0 Å². The van der Waals surface area contributed by atoms with Crippen LogP contribution >= 0.6 is 0 Å². The third-order valence-corrected chi connectivity index (χ3v) is 2.69. The number of hydrogen-bond acceptors (Lipinski definition) is 2. The Labute approximate surface area is 91.6 Å². The van der Waals surface area contributed by atoms with Crippen molar-refractivity contribution < 1.29 is 13.6 Å². The second-order valence-electron chi connectivity index (χ2n) is 4.03. The van der Waals surface area contributed by atoms with E-state index in [9.17, 15) is 13.6 Å². The molecule has 86 valence electrons. The van der Waals surface area contributed by atoms with Gasteiger partial charge in [0, 0.05) is 17.6 Å². The molecule has 1 aromatic rings. The van der Waals surface area contributed by atoms with Gasteiger partial charge in [0.1, 0.15) is 0 Å². The first kappa shape index (κ1) is 11.0. The Hall–Kier alpha value is -1.49. The number of nitrogens with one attached hydrogen (secondary N) is 1. The molecule has 2 rings (SSSR count). The van der Waals surface area contributed by atoms with Crippen LogP contribution in [0.25, 0.3) is 0 Å². The Bertz CT molecular complexity index is 416. The monoisotopic (exact) mass is 226 g/mol. The molecule has 0 saturated heterocycles. The van der Waals surface area contributed by atoms with E-state index in [2.05, 4.69) is 5.32 Å². The lowest BCUT2D eigenvalue weighted by atomic mass is 9.87. The zero-order valence-electron chi connectivity index (χ0n) is 8.54. The topological polar surface area (TPSA) is 55.1 Å². The number of hydrogen-bond donors (Lipinski definition) is 2. The summed E-state index contributed by atoms with van der Waals surface area (Å²) in [6.07, 6.45) is 1.46. The number of nitrogens with two attached hydrogens (primary N) is 1. The maximum atomic E-state index is 12.9. The lowest BCUT2D eigenvalue weighted by Gasteiger charge is -2.32. The predicted octanol–water partition coefficient (Wildman–Crippen LogP) is 1.18. The average molecular weight is 226 g/mol. The SMILES string of the molecule is NC1CC(NC(=O)c2ccc(F)c(F)c2)C1. The van der Waals surface area contributed by atoms with E-state index in [1.807, 2.05) is 0 Å². The van der Waals surface area contributed by atoms with Crippen LogP contribution in [-0.2, 0) is 0 Å². The van der Waals surface area contributed by atoms with E-state index in [4.69, 9.17) is 5.73 Å². The third-order valence-electron chi connectivity index (χ3n) is 2.69. The van der Waals surface area contributed by atoms with Crippen LogP contribution in [0.15, 0.2) is 18.2 Å². The molecular formula is C11H12F2N2O. The van der Waals surface area contributed by atoms with Crippen LogP contribution in [0, 0.1) is 11.6 Å². The van der Waals surface area contributed by atoms with Gasteiger partial charge in [0.15, 0.2) is 11.6 Å². The van der Waals surface area contributed by atoms with Crippen molar-refractivity contribution in [3.8, 4) is 0 Å². The van der Waals surface area contributed by atoms with Crippen LogP contribution in [0.4, 0.5) is 8.78 Å². The molecule has 1 fully saturated rings. The van der Waals surface area contributed by atoms with E-state index in [0.29, 0.717) is 0 Å². The van der Waals surface area contributed by atoms with Crippen LogP contribution in [-0.4, -0.2) is 18.0 Å². The first-order valence-electron chi connectivity index (χ1n) is 5.08. The van der Waals surface area contributed by atoms with E-state index in [-0.39, 0.29) is 17.6 Å². The largest absolute Gasteiger partial charge is 0.349 e. The van der Waals surface area contributed by atoms with Crippen molar-refractivity contribution in [2.24, 2.45) is 5.73 Å². The second kappa shape index (κ2) is 4.17. The van der Waals surface area contributed by atoms with E-state index in [1.165, 1.54) is 6.07 Å². The highest BCUT2D eigenvalue weighted by Crippen LogP contribution is 2.18. The number of halogens is 2. The number of carbonyl (C=O) groups is 1. The maximum absolute atomic E-state index is 12.9. The van der Waals surface area contributed by atoms with Crippen LogP contribution in [0.5, 0.6) is 0 Å². The van der Waals surface area contributed by atoms with Crippen LogP contribution < -0.4 is 11.1 Å². The summed E-state index contributed by atoms with van der Waals surface area (Å²) >= 11 is 0. The molecule has 1 amide bonds. The Balaban J connectivity index is 2.01. The fourth-order valence-corrected chi connectivity index (χ4v) is 1.69. The second-order valence-corrected chi connectivity index (χ2v) is 4.03. The van der Waals surface area contributed by atoms with Crippen molar-refractivity contribution in [2.45, 2.75) is 24.9 Å². The first-order valence-corrected chi connectivity index (χ1v) is 5.08. The highest BCUT2D eigenvalue weighted by Gasteiger charge is 2.27. The zero-order chi connectivity index (χ0) is 11.7. The first-order chi connectivity index (χ1) is 7.56. The van der Waals surface area contributed by atoms with Gasteiger partial charge in [0.05, 0.1) is 0 Å². The standard InChI is InChI=1S/C11H12F2N2O/c12-9-2-1-6(3-10(9)13)11(16)15-8-4-7(14)5-8/h1-3,7-8H,4-5,14H2,(H,15,16). The van der Waals surface area contributed by atoms with Gasteiger partial charge >= 0.3 is 0 Å². The molecular weight excluding hydrogens is 214 g/mol. The Morgan fingerprint density at radius 1 is 1.31 bits per heavy atom. The van der Waals surface area contributed by atoms with Crippen molar-refractivity contribution in [1.82, 2.24) is 5.32 Å². The van der Waals surface area contributed by atoms with Gasteiger partial charge in [-0.25, -0.2) is 8.78 Å². The lowest BCUT2D eigenvalue weighted by molar-refractivity contribution is 0.0909. The normalized spacial score (nSPS) is 23.7. The molecule has 1 aliphatic rings. The molecule has 0 aromatic heterocycles. The molecule has 0 atom stereocenters. The summed E-state index contributed by atoms with van der Waals surface area (Å²) in [5.74, 6) is -2.36. The van der Waals surface area contributed by atoms with E-state index >= 15 is 0 Å². The Kier molecular flexibility index (Phi) is 2.87. The Morgan fingerprint density at radius 3 is 2.56 bits per heavy atom. The minimum atomic E-state index is -1.02. The fraction of sp³-hybridized carbons (Fsp3) is 0.364. The molecule has 0 unspecified atom stereocenters. The minimum absolute atomic E-state index is 0.0515. The van der Waals surface area contributed by atoms with Crippen molar-refractivity contribution in [3.63, 3.8) is 0 Å². The van der Waals surface area contributed by atoms with Crippen molar-refractivity contribution in [1.29, 1.82) is 0 Å². The summed E-state index contributed by atoms with van der Waals surface area (Å²) in [7, 11) is 0. The number of amides is 1. The molecule has 0 radical (unpaired) electrons. The van der Waals surface area contributed by atoms with Gasteiger partial charge in [-0.3, -0.25) is 4.79 Å². The van der Waals surface area contributed by atoms with E-state index in [0.717, 1.165) is 25.0 Å². The van der Waals surface area contributed by atoms with E-state index < -0.39 is 17.5 Å². The summed E-state index contributed by atoms with van der Waals surface area (Å²) in [4.78, 5) is 11.6. The maximum Gasteiger partial charge on any atom is 0.251 e. The Morgan fingerprint density at radius 2 is 2.00 bits per heavy atom. The molecule has 0 aliphatic heterocycles. The van der Waals surface area contributed by atoms with Crippen molar-refractivity contribution in [3.05, 3.63) is 35.4 Å².